The Hall–Kier alpha value is -2.93. The molecule has 0 spiro atoms. The number of piperidine rings is 1. The minimum Gasteiger partial charge on any atom is -0.506 e. The first-order valence-corrected chi connectivity index (χ1v) is 9.19. The van der Waals surface area contributed by atoms with Gasteiger partial charge in [-0.25, -0.2) is 4.68 Å². The van der Waals surface area contributed by atoms with Crippen LogP contribution in [0.15, 0.2) is 48.7 Å². The molecule has 1 saturated heterocycles. The molecule has 3 heterocycles. The van der Waals surface area contributed by atoms with Gasteiger partial charge in [0.05, 0.1) is 0 Å². The van der Waals surface area contributed by atoms with Gasteiger partial charge in [0.15, 0.2) is 0 Å². The predicted octanol–water partition coefficient (Wildman–Crippen LogP) is 2.94. The molecule has 1 aromatic carbocycles. The molecule has 3 aromatic rings. The smallest absolute Gasteiger partial charge is 0.233 e. The van der Waals surface area contributed by atoms with Crippen LogP contribution >= 0.6 is 0 Å². The average Bonchev–Trinajstić information content (AvgIpc) is 3.12. The number of aromatic hydroxyl groups is 1. The molecule has 0 amide bonds. The molecule has 2 atom stereocenters. The number of rotatable bonds is 4. The average molecular weight is 365 g/mol. The maximum Gasteiger partial charge on any atom is 0.233 e. The number of hydrogen-bond donors (Lipinski definition) is 2. The lowest BCUT2D eigenvalue weighted by Gasteiger charge is -2.32. The summed E-state index contributed by atoms with van der Waals surface area (Å²) in [4.78, 5) is 0. The fourth-order valence-electron chi connectivity index (χ4n) is 3.55. The molecular weight excluding hydrogens is 342 g/mol. The van der Waals surface area contributed by atoms with Crippen molar-refractivity contribution < 1.29 is 9.84 Å². The summed E-state index contributed by atoms with van der Waals surface area (Å²) < 4.78 is 7.62. The van der Waals surface area contributed by atoms with Gasteiger partial charge < -0.3 is 15.2 Å². The standard InChI is InChI=1S/C20H23N5O2/c1-13-11-15(12-14(2)21-13)27-20-8-7-16(22-23-20)17-9-10-25(24-17)18-5-3-4-6-19(18)26/h3-10,13-15,21,26H,11-12H2,1-2H3. The Morgan fingerprint density at radius 1 is 1.00 bits per heavy atom. The number of aromatic nitrogens is 4. The van der Waals surface area contributed by atoms with Crippen molar-refractivity contribution in [3.63, 3.8) is 0 Å². The van der Waals surface area contributed by atoms with Gasteiger partial charge in [-0.3, -0.25) is 0 Å². The van der Waals surface area contributed by atoms with Gasteiger partial charge in [0, 0.05) is 24.3 Å². The van der Waals surface area contributed by atoms with E-state index in [0.717, 1.165) is 12.8 Å². The van der Waals surface area contributed by atoms with E-state index < -0.39 is 0 Å². The van der Waals surface area contributed by atoms with Crippen molar-refractivity contribution in [1.82, 2.24) is 25.3 Å². The number of ether oxygens (including phenoxy) is 1. The van der Waals surface area contributed by atoms with E-state index in [2.05, 4.69) is 34.5 Å². The van der Waals surface area contributed by atoms with Crippen LogP contribution in [0.3, 0.4) is 0 Å². The highest BCUT2D eigenvalue weighted by Crippen LogP contribution is 2.24. The van der Waals surface area contributed by atoms with Gasteiger partial charge in [-0.15, -0.1) is 10.2 Å². The van der Waals surface area contributed by atoms with E-state index in [1.165, 1.54) is 0 Å². The Morgan fingerprint density at radius 3 is 2.48 bits per heavy atom. The van der Waals surface area contributed by atoms with Crippen LogP contribution in [0, 0.1) is 0 Å². The Morgan fingerprint density at radius 2 is 1.78 bits per heavy atom. The van der Waals surface area contributed by atoms with Crippen LogP contribution < -0.4 is 10.1 Å². The van der Waals surface area contributed by atoms with Crippen molar-refractivity contribution in [2.75, 3.05) is 0 Å². The summed E-state index contributed by atoms with van der Waals surface area (Å²) in [6, 6.07) is 13.5. The molecule has 7 heteroatoms. The fourth-order valence-corrected chi connectivity index (χ4v) is 3.55. The molecular formula is C20H23N5O2. The molecule has 2 aromatic heterocycles. The first kappa shape index (κ1) is 17.5. The number of benzene rings is 1. The Balaban J connectivity index is 1.47. The highest BCUT2D eigenvalue weighted by Gasteiger charge is 2.25. The van der Waals surface area contributed by atoms with Crippen LogP contribution in [0.4, 0.5) is 0 Å². The third kappa shape index (κ3) is 3.93. The van der Waals surface area contributed by atoms with Crippen LogP contribution in [0.25, 0.3) is 17.1 Å². The zero-order valence-corrected chi connectivity index (χ0v) is 15.4. The SMILES string of the molecule is CC1CC(Oc2ccc(-c3ccn(-c4ccccc4O)n3)nn2)CC(C)N1. The van der Waals surface area contributed by atoms with Gasteiger partial charge in [-0.2, -0.15) is 5.10 Å². The van der Waals surface area contributed by atoms with Crippen LogP contribution in [-0.4, -0.2) is 43.3 Å². The molecule has 0 bridgehead atoms. The monoisotopic (exact) mass is 365 g/mol. The normalized spacial score (nSPS) is 22.5. The molecule has 1 fully saturated rings. The van der Waals surface area contributed by atoms with Gasteiger partial charge in [0.25, 0.3) is 0 Å². The maximum absolute atomic E-state index is 9.96. The molecule has 1 aliphatic heterocycles. The largest absolute Gasteiger partial charge is 0.506 e. The Bertz CT molecular complexity index is 899. The zero-order valence-electron chi connectivity index (χ0n) is 15.4. The summed E-state index contributed by atoms with van der Waals surface area (Å²) in [5, 5.41) is 26.4. The third-order valence-corrected chi connectivity index (χ3v) is 4.71. The number of nitrogens with one attached hydrogen (secondary N) is 1. The fraction of sp³-hybridized carbons (Fsp3) is 0.350. The number of nitrogens with zero attached hydrogens (tertiary/aromatic N) is 4. The van der Waals surface area contributed by atoms with E-state index in [0.29, 0.717) is 35.0 Å². The van der Waals surface area contributed by atoms with Crippen molar-refractivity contribution in [1.29, 1.82) is 0 Å². The van der Waals surface area contributed by atoms with Crippen molar-refractivity contribution in [3.8, 4) is 28.7 Å². The third-order valence-electron chi connectivity index (χ3n) is 4.71. The van der Waals surface area contributed by atoms with Gasteiger partial charge in [-0.05, 0) is 51.0 Å². The summed E-state index contributed by atoms with van der Waals surface area (Å²) in [5.74, 6) is 0.706. The molecule has 0 radical (unpaired) electrons. The van der Waals surface area contributed by atoms with Gasteiger partial charge in [0.2, 0.25) is 5.88 Å². The van der Waals surface area contributed by atoms with Crippen LogP contribution in [0.1, 0.15) is 26.7 Å². The van der Waals surface area contributed by atoms with E-state index >= 15 is 0 Å². The molecule has 27 heavy (non-hydrogen) atoms. The molecule has 7 nitrogen and oxygen atoms in total. The van der Waals surface area contributed by atoms with Crippen LogP contribution in [-0.2, 0) is 0 Å². The number of phenols is 1. The molecule has 0 saturated carbocycles. The van der Waals surface area contributed by atoms with Crippen molar-refractivity contribution in [2.45, 2.75) is 44.9 Å². The molecule has 1 aliphatic rings. The van der Waals surface area contributed by atoms with Gasteiger partial charge in [0.1, 0.15) is 28.9 Å². The summed E-state index contributed by atoms with van der Waals surface area (Å²) in [7, 11) is 0. The van der Waals surface area contributed by atoms with Crippen molar-refractivity contribution in [3.05, 3.63) is 48.7 Å². The Kier molecular flexibility index (Phi) is 4.77. The predicted molar refractivity (Wildman–Crippen MR) is 102 cm³/mol. The van der Waals surface area contributed by atoms with Gasteiger partial charge >= 0.3 is 0 Å². The Labute approximate surface area is 158 Å². The second kappa shape index (κ2) is 7.36. The number of phenolic OH excluding ortho intramolecular Hbond substituents is 1. The molecule has 0 aliphatic carbocycles. The van der Waals surface area contributed by atoms with Gasteiger partial charge in [-0.1, -0.05) is 12.1 Å². The van der Waals surface area contributed by atoms with E-state index in [1.807, 2.05) is 24.3 Å². The minimum atomic E-state index is 0.150. The summed E-state index contributed by atoms with van der Waals surface area (Å²) in [6.07, 6.45) is 3.85. The highest BCUT2D eigenvalue weighted by atomic mass is 16.5. The number of hydrogen-bond acceptors (Lipinski definition) is 6. The quantitative estimate of drug-likeness (QED) is 0.739. The molecule has 2 N–H and O–H groups in total. The maximum atomic E-state index is 9.96. The van der Waals surface area contributed by atoms with Crippen LogP contribution in [0.5, 0.6) is 11.6 Å². The second-order valence-corrected chi connectivity index (χ2v) is 7.07. The number of para-hydroxylation sites is 2. The highest BCUT2D eigenvalue weighted by molar-refractivity contribution is 5.54. The summed E-state index contributed by atoms with van der Waals surface area (Å²) in [6.45, 7) is 4.34. The molecule has 2 unspecified atom stereocenters. The van der Waals surface area contributed by atoms with Crippen LogP contribution in [0.2, 0.25) is 0 Å². The topological polar surface area (TPSA) is 85.1 Å². The second-order valence-electron chi connectivity index (χ2n) is 7.07. The van der Waals surface area contributed by atoms with E-state index in [1.54, 1.807) is 29.1 Å². The summed E-state index contributed by atoms with van der Waals surface area (Å²) >= 11 is 0. The van der Waals surface area contributed by atoms with Crippen molar-refractivity contribution >= 4 is 0 Å². The molecule has 140 valence electrons. The lowest BCUT2D eigenvalue weighted by Crippen LogP contribution is -2.46. The summed E-state index contributed by atoms with van der Waals surface area (Å²) in [5.41, 5.74) is 1.95. The van der Waals surface area contributed by atoms with E-state index in [9.17, 15) is 5.11 Å². The minimum absolute atomic E-state index is 0.150. The first-order valence-electron chi connectivity index (χ1n) is 9.19. The van der Waals surface area contributed by atoms with E-state index in [-0.39, 0.29) is 11.9 Å². The lowest BCUT2D eigenvalue weighted by atomic mass is 9.98. The molecule has 4 rings (SSSR count). The lowest BCUT2D eigenvalue weighted by molar-refractivity contribution is 0.117. The zero-order chi connectivity index (χ0) is 18.8. The van der Waals surface area contributed by atoms with E-state index in [4.69, 9.17) is 4.74 Å². The first-order chi connectivity index (χ1) is 13.1. The van der Waals surface area contributed by atoms with Crippen molar-refractivity contribution in [2.24, 2.45) is 0 Å².